The van der Waals surface area contributed by atoms with Crippen LogP contribution in [0.4, 0.5) is 13.2 Å². The van der Waals surface area contributed by atoms with E-state index in [1.807, 2.05) is 20.8 Å². The second-order valence-electron chi connectivity index (χ2n) is 5.73. The van der Waals surface area contributed by atoms with E-state index in [0.717, 1.165) is 5.56 Å². The zero-order valence-electron chi connectivity index (χ0n) is 12.8. The molecule has 1 rings (SSSR count). The third-order valence-corrected chi connectivity index (χ3v) is 3.72. The Morgan fingerprint density at radius 1 is 1.18 bits per heavy atom. The number of hydrogen-bond acceptors (Lipinski definition) is 3. The van der Waals surface area contributed by atoms with Gasteiger partial charge in [-0.15, -0.1) is 11.8 Å². The van der Waals surface area contributed by atoms with Crippen LogP contribution in [0.2, 0.25) is 0 Å². The molecule has 1 N–H and O–H groups in total. The molecule has 0 saturated heterocycles. The molecule has 0 saturated carbocycles. The molecule has 0 unspecified atom stereocenters. The molecule has 0 aliphatic heterocycles. The van der Waals surface area contributed by atoms with E-state index in [-0.39, 0.29) is 16.4 Å². The first-order valence-corrected chi connectivity index (χ1v) is 7.73. The second kappa shape index (κ2) is 7.76. The van der Waals surface area contributed by atoms with Gasteiger partial charge in [-0.1, -0.05) is 32.9 Å². The molecule has 0 atom stereocenters. The van der Waals surface area contributed by atoms with E-state index in [2.05, 4.69) is 10.1 Å². The van der Waals surface area contributed by atoms with Crippen LogP contribution >= 0.6 is 11.8 Å². The van der Waals surface area contributed by atoms with Gasteiger partial charge in [0.05, 0.1) is 5.75 Å². The van der Waals surface area contributed by atoms with Gasteiger partial charge in [-0.3, -0.25) is 4.79 Å². The van der Waals surface area contributed by atoms with Crippen LogP contribution in [0.5, 0.6) is 5.75 Å². The number of alkyl halides is 3. The number of thioether (sulfide) groups is 1. The standard InChI is InChI=1S/C15H20F3NO2S/c1-14(2,3)22-9-13(20)19-8-11-4-6-12(7-5-11)21-10-15(16,17)18/h4-7H,8-10H2,1-3H3,(H,19,20). The summed E-state index contributed by atoms with van der Waals surface area (Å²) in [6.45, 7) is 5.12. The summed E-state index contributed by atoms with van der Waals surface area (Å²) in [5.41, 5.74) is 0.800. The first kappa shape index (κ1) is 18.7. The summed E-state index contributed by atoms with van der Waals surface area (Å²) in [7, 11) is 0. The van der Waals surface area contributed by atoms with E-state index < -0.39 is 12.8 Å². The quantitative estimate of drug-likeness (QED) is 0.860. The zero-order chi connectivity index (χ0) is 16.8. The highest BCUT2D eigenvalue weighted by Crippen LogP contribution is 2.22. The van der Waals surface area contributed by atoms with Crippen LogP contribution in [0.25, 0.3) is 0 Å². The number of nitrogens with one attached hydrogen (secondary N) is 1. The van der Waals surface area contributed by atoms with Crippen LogP contribution in [0.15, 0.2) is 24.3 Å². The number of ether oxygens (including phenoxy) is 1. The van der Waals surface area contributed by atoms with Gasteiger partial charge in [0.2, 0.25) is 5.91 Å². The van der Waals surface area contributed by atoms with Crippen molar-refractivity contribution >= 4 is 17.7 Å². The molecule has 1 amide bonds. The Bertz CT molecular complexity index is 481. The van der Waals surface area contributed by atoms with E-state index in [4.69, 9.17) is 0 Å². The molecule has 1 aromatic rings. The highest BCUT2D eigenvalue weighted by atomic mass is 32.2. The molecule has 0 radical (unpaired) electrons. The Labute approximate surface area is 132 Å². The SMILES string of the molecule is CC(C)(C)SCC(=O)NCc1ccc(OCC(F)(F)F)cc1. The van der Waals surface area contributed by atoms with Crippen molar-refractivity contribution in [1.82, 2.24) is 5.32 Å². The molecule has 0 fully saturated rings. The first-order valence-electron chi connectivity index (χ1n) is 6.74. The van der Waals surface area contributed by atoms with Crippen LogP contribution < -0.4 is 10.1 Å². The maximum absolute atomic E-state index is 12.0. The number of carbonyl (C=O) groups is 1. The number of amides is 1. The maximum atomic E-state index is 12.0. The fourth-order valence-electron chi connectivity index (χ4n) is 1.40. The largest absolute Gasteiger partial charge is 0.484 e. The lowest BCUT2D eigenvalue weighted by Crippen LogP contribution is -2.26. The topological polar surface area (TPSA) is 38.3 Å². The van der Waals surface area contributed by atoms with Crippen molar-refractivity contribution in [3.05, 3.63) is 29.8 Å². The van der Waals surface area contributed by atoms with Crippen molar-refractivity contribution < 1.29 is 22.7 Å². The Morgan fingerprint density at radius 3 is 2.27 bits per heavy atom. The fourth-order valence-corrected chi connectivity index (χ4v) is 2.07. The van der Waals surface area contributed by atoms with Gasteiger partial charge in [0, 0.05) is 11.3 Å². The number of hydrogen-bond donors (Lipinski definition) is 1. The number of halogens is 3. The summed E-state index contributed by atoms with van der Waals surface area (Å²) in [5, 5.41) is 2.77. The van der Waals surface area contributed by atoms with Gasteiger partial charge in [-0.05, 0) is 17.7 Å². The summed E-state index contributed by atoms with van der Waals surface area (Å²) < 4.78 is 40.7. The van der Waals surface area contributed by atoms with Crippen LogP contribution in [-0.2, 0) is 11.3 Å². The van der Waals surface area contributed by atoms with Crippen molar-refractivity contribution in [3.8, 4) is 5.75 Å². The minimum absolute atomic E-state index is 0.0226. The van der Waals surface area contributed by atoms with E-state index >= 15 is 0 Å². The van der Waals surface area contributed by atoms with Gasteiger partial charge in [0.15, 0.2) is 6.61 Å². The molecule has 1 aromatic carbocycles. The summed E-state index contributed by atoms with van der Waals surface area (Å²) in [6.07, 6.45) is -4.35. The number of rotatable bonds is 6. The summed E-state index contributed by atoms with van der Waals surface area (Å²) in [6, 6.07) is 6.17. The van der Waals surface area contributed by atoms with E-state index in [0.29, 0.717) is 12.3 Å². The van der Waals surface area contributed by atoms with Gasteiger partial charge in [0.1, 0.15) is 5.75 Å². The fraction of sp³-hybridized carbons (Fsp3) is 0.533. The van der Waals surface area contributed by atoms with Gasteiger partial charge >= 0.3 is 6.18 Å². The molecule has 22 heavy (non-hydrogen) atoms. The molecule has 7 heteroatoms. The maximum Gasteiger partial charge on any atom is 0.422 e. The van der Waals surface area contributed by atoms with Crippen molar-refractivity contribution in [2.24, 2.45) is 0 Å². The summed E-state index contributed by atoms with van der Waals surface area (Å²) >= 11 is 1.55. The van der Waals surface area contributed by atoms with Crippen LogP contribution in [0.1, 0.15) is 26.3 Å². The van der Waals surface area contributed by atoms with Crippen molar-refractivity contribution in [1.29, 1.82) is 0 Å². The van der Waals surface area contributed by atoms with Gasteiger partial charge < -0.3 is 10.1 Å². The van der Waals surface area contributed by atoms with Gasteiger partial charge in [-0.2, -0.15) is 13.2 Å². The number of carbonyl (C=O) groups excluding carboxylic acids is 1. The summed E-state index contributed by atoms with van der Waals surface area (Å²) in [5.74, 6) is 0.448. The van der Waals surface area contributed by atoms with Crippen LogP contribution in [0, 0.1) is 0 Å². The van der Waals surface area contributed by atoms with E-state index in [9.17, 15) is 18.0 Å². The van der Waals surface area contributed by atoms with Crippen LogP contribution in [-0.4, -0.2) is 29.2 Å². The molecule has 0 aliphatic rings. The average Bonchev–Trinajstić information content (AvgIpc) is 2.40. The smallest absolute Gasteiger partial charge is 0.422 e. The average molecular weight is 335 g/mol. The number of benzene rings is 1. The zero-order valence-corrected chi connectivity index (χ0v) is 13.6. The minimum Gasteiger partial charge on any atom is -0.484 e. The predicted molar refractivity (Wildman–Crippen MR) is 82.0 cm³/mol. The second-order valence-corrected chi connectivity index (χ2v) is 7.53. The van der Waals surface area contributed by atoms with Crippen LogP contribution in [0.3, 0.4) is 0 Å². The highest BCUT2D eigenvalue weighted by molar-refractivity contribution is 8.01. The van der Waals surface area contributed by atoms with Gasteiger partial charge in [0.25, 0.3) is 0 Å². The van der Waals surface area contributed by atoms with Crippen molar-refractivity contribution in [3.63, 3.8) is 0 Å². The normalized spacial score (nSPS) is 12.1. The monoisotopic (exact) mass is 335 g/mol. The lowest BCUT2D eigenvalue weighted by molar-refractivity contribution is -0.153. The minimum atomic E-state index is -4.35. The third-order valence-electron chi connectivity index (χ3n) is 2.45. The lowest BCUT2D eigenvalue weighted by Gasteiger charge is -2.17. The molecule has 124 valence electrons. The Kier molecular flexibility index (Phi) is 6.59. The molecule has 0 aliphatic carbocycles. The third kappa shape index (κ3) is 8.81. The molecular formula is C15H20F3NO2S. The highest BCUT2D eigenvalue weighted by Gasteiger charge is 2.28. The molecule has 0 bridgehead atoms. The van der Waals surface area contributed by atoms with Crippen molar-refractivity contribution in [2.45, 2.75) is 38.2 Å². The molecular weight excluding hydrogens is 315 g/mol. The van der Waals surface area contributed by atoms with Crippen molar-refractivity contribution in [2.75, 3.05) is 12.4 Å². The van der Waals surface area contributed by atoms with E-state index in [1.54, 1.807) is 23.9 Å². The summed E-state index contributed by atoms with van der Waals surface area (Å²) in [4.78, 5) is 11.7. The Morgan fingerprint density at radius 2 is 1.77 bits per heavy atom. The Balaban J connectivity index is 2.37. The Hall–Kier alpha value is -1.37. The predicted octanol–water partition coefficient (Wildman–Crippen LogP) is 3.78. The van der Waals surface area contributed by atoms with E-state index in [1.165, 1.54) is 12.1 Å². The molecule has 0 heterocycles. The molecule has 3 nitrogen and oxygen atoms in total. The molecule has 0 spiro atoms. The van der Waals surface area contributed by atoms with Gasteiger partial charge in [-0.25, -0.2) is 0 Å². The lowest BCUT2D eigenvalue weighted by atomic mass is 10.2. The molecule has 0 aromatic heterocycles. The first-order chi connectivity index (χ1) is 10.1.